The molecule has 2 N–H and O–H groups in total. The predicted octanol–water partition coefficient (Wildman–Crippen LogP) is 2.57. The minimum atomic E-state index is -0.158. The van der Waals surface area contributed by atoms with Crippen LogP contribution in [-0.2, 0) is 4.79 Å². The second-order valence-corrected chi connectivity index (χ2v) is 6.92. The number of hydrogen-bond acceptors (Lipinski definition) is 2. The zero-order chi connectivity index (χ0) is 16.4. The van der Waals surface area contributed by atoms with E-state index in [1.54, 1.807) is 4.90 Å². The third-order valence-corrected chi connectivity index (χ3v) is 4.90. The number of carbonyl (C=O) groups is 2. The Labute approximate surface area is 141 Å². The molecule has 0 spiro atoms. The summed E-state index contributed by atoms with van der Waals surface area (Å²) in [5, 5.41) is 6.56. The highest BCUT2D eigenvalue weighted by Crippen LogP contribution is 2.47. The molecule has 1 aliphatic heterocycles. The van der Waals surface area contributed by atoms with Crippen LogP contribution in [0.1, 0.15) is 31.4 Å². The van der Waals surface area contributed by atoms with Crippen LogP contribution in [0, 0.1) is 11.8 Å². The highest BCUT2D eigenvalue weighted by atomic mass is 35.5. The van der Waals surface area contributed by atoms with Crippen LogP contribution in [0.3, 0.4) is 0 Å². The Balaban J connectivity index is 1.65. The summed E-state index contributed by atoms with van der Waals surface area (Å²) in [4.78, 5) is 25.7. The van der Waals surface area contributed by atoms with Crippen LogP contribution in [0.25, 0.3) is 0 Å². The first-order chi connectivity index (χ1) is 11.0. The molecule has 5 nitrogen and oxygen atoms in total. The molecule has 3 atom stereocenters. The highest BCUT2D eigenvalue weighted by Gasteiger charge is 2.41. The number of amides is 3. The molecule has 0 radical (unpaired) electrons. The molecule has 1 saturated carbocycles. The number of nitrogens with zero attached hydrogens (tertiary/aromatic N) is 1. The van der Waals surface area contributed by atoms with Gasteiger partial charge in [0.15, 0.2) is 0 Å². The van der Waals surface area contributed by atoms with Gasteiger partial charge < -0.3 is 15.5 Å². The highest BCUT2D eigenvalue weighted by molar-refractivity contribution is 6.30. The Kier molecular flexibility index (Phi) is 4.76. The first kappa shape index (κ1) is 16.1. The van der Waals surface area contributed by atoms with Gasteiger partial charge in [-0.1, -0.05) is 30.7 Å². The van der Waals surface area contributed by atoms with E-state index < -0.39 is 0 Å². The summed E-state index contributed by atoms with van der Waals surface area (Å²) >= 11 is 5.95. The summed E-state index contributed by atoms with van der Waals surface area (Å²) < 4.78 is 0. The largest absolute Gasteiger partial charge is 0.347 e. The van der Waals surface area contributed by atoms with Crippen LogP contribution < -0.4 is 10.6 Å². The molecule has 3 amide bonds. The lowest BCUT2D eigenvalue weighted by Crippen LogP contribution is -2.50. The maximum absolute atomic E-state index is 12.4. The molecule has 1 aromatic carbocycles. The van der Waals surface area contributed by atoms with E-state index in [4.69, 9.17) is 11.6 Å². The zero-order valence-corrected chi connectivity index (χ0v) is 14.0. The smallest absolute Gasteiger partial charge is 0.317 e. The summed E-state index contributed by atoms with van der Waals surface area (Å²) in [7, 11) is 0. The zero-order valence-electron chi connectivity index (χ0n) is 13.2. The number of benzene rings is 1. The fourth-order valence-electron chi connectivity index (χ4n) is 3.14. The van der Waals surface area contributed by atoms with Crippen LogP contribution in [-0.4, -0.2) is 36.5 Å². The molecule has 124 valence electrons. The van der Waals surface area contributed by atoms with Gasteiger partial charge in [0.2, 0.25) is 5.91 Å². The van der Waals surface area contributed by atoms with Crippen molar-refractivity contribution in [1.82, 2.24) is 15.5 Å². The van der Waals surface area contributed by atoms with Gasteiger partial charge in [-0.2, -0.15) is 0 Å². The molecule has 1 aromatic rings. The first-order valence-corrected chi connectivity index (χ1v) is 8.50. The van der Waals surface area contributed by atoms with Gasteiger partial charge in [-0.15, -0.1) is 0 Å². The topological polar surface area (TPSA) is 61.4 Å². The Bertz CT molecular complexity index is 590. The molecule has 0 bridgehead atoms. The third-order valence-electron chi connectivity index (χ3n) is 4.65. The monoisotopic (exact) mass is 335 g/mol. The lowest BCUT2D eigenvalue weighted by Gasteiger charge is -2.28. The number of hydrogen-bond donors (Lipinski definition) is 2. The predicted molar refractivity (Wildman–Crippen MR) is 89.2 cm³/mol. The second-order valence-electron chi connectivity index (χ2n) is 6.48. The molecule has 1 aliphatic carbocycles. The van der Waals surface area contributed by atoms with Crippen molar-refractivity contribution in [2.75, 3.05) is 19.6 Å². The molecule has 0 aromatic heterocycles. The molecular weight excluding hydrogens is 314 g/mol. The van der Waals surface area contributed by atoms with Crippen molar-refractivity contribution in [3.63, 3.8) is 0 Å². The molecule has 3 rings (SSSR count). The molecule has 23 heavy (non-hydrogen) atoms. The summed E-state index contributed by atoms with van der Waals surface area (Å²) in [6.45, 7) is 3.61. The Morgan fingerprint density at radius 1 is 1.43 bits per heavy atom. The van der Waals surface area contributed by atoms with Crippen molar-refractivity contribution >= 4 is 23.5 Å². The first-order valence-electron chi connectivity index (χ1n) is 8.12. The van der Waals surface area contributed by atoms with Gasteiger partial charge in [0.1, 0.15) is 6.54 Å². The minimum absolute atomic E-state index is 0.0115. The number of rotatable bonds is 5. The molecular formula is C17H22ClN3O2. The normalized spacial score (nSPS) is 24.8. The SMILES string of the molecule is CC1CC1C(NC(=O)CN1CCCNC1=O)c1ccc(Cl)cc1. The maximum Gasteiger partial charge on any atom is 0.317 e. The van der Waals surface area contributed by atoms with Crippen molar-refractivity contribution in [3.05, 3.63) is 34.9 Å². The summed E-state index contributed by atoms with van der Waals surface area (Å²) in [6.07, 6.45) is 1.98. The van der Waals surface area contributed by atoms with Crippen molar-refractivity contribution in [3.8, 4) is 0 Å². The van der Waals surface area contributed by atoms with E-state index in [1.807, 2.05) is 24.3 Å². The van der Waals surface area contributed by atoms with Crippen molar-refractivity contribution in [2.24, 2.45) is 11.8 Å². The number of halogens is 1. The molecule has 2 fully saturated rings. The van der Waals surface area contributed by atoms with Crippen LogP contribution in [0.5, 0.6) is 0 Å². The van der Waals surface area contributed by atoms with Gasteiger partial charge in [-0.05, 0) is 42.4 Å². The summed E-state index contributed by atoms with van der Waals surface area (Å²) in [5.74, 6) is 0.950. The standard InChI is InChI=1S/C17H22ClN3O2/c1-11-9-14(11)16(12-3-5-13(18)6-4-12)20-15(22)10-21-8-2-7-19-17(21)23/h3-6,11,14,16H,2,7-10H2,1H3,(H,19,23)(H,20,22). The van der Waals surface area contributed by atoms with E-state index in [-0.39, 0.29) is 24.5 Å². The molecule has 1 heterocycles. The lowest BCUT2D eigenvalue weighted by molar-refractivity contribution is -0.122. The molecule has 2 aliphatic rings. The molecule has 1 saturated heterocycles. The van der Waals surface area contributed by atoms with Gasteiger partial charge in [-0.25, -0.2) is 4.79 Å². The third kappa shape index (κ3) is 3.96. The van der Waals surface area contributed by atoms with Crippen LogP contribution in [0.15, 0.2) is 24.3 Å². The van der Waals surface area contributed by atoms with E-state index in [0.717, 1.165) is 18.4 Å². The van der Waals surface area contributed by atoms with Gasteiger partial charge >= 0.3 is 6.03 Å². The van der Waals surface area contributed by atoms with Gasteiger partial charge in [0.25, 0.3) is 0 Å². The van der Waals surface area contributed by atoms with Crippen molar-refractivity contribution in [2.45, 2.75) is 25.8 Å². The van der Waals surface area contributed by atoms with Gasteiger partial charge in [0.05, 0.1) is 6.04 Å². The molecule has 3 unspecified atom stereocenters. The Morgan fingerprint density at radius 2 is 2.13 bits per heavy atom. The number of nitrogens with one attached hydrogen (secondary N) is 2. The average molecular weight is 336 g/mol. The van der Waals surface area contributed by atoms with E-state index in [2.05, 4.69) is 17.6 Å². The second kappa shape index (κ2) is 6.79. The Hall–Kier alpha value is -1.75. The number of carbonyl (C=O) groups excluding carboxylic acids is 2. The molecule has 6 heteroatoms. The van der Waals surface area contributed by atoms with Gasteiger partial charge in [-0.3, -0.25) is 4.79 Å². The minimum Gasteiger partial charge on any atom is -0.347 e. The van der Waals surface area contributed by atoms with Gasteiger partial charge in [0, 0.05) is 18.1 Å². The van der Waals surface area contributed by atoms with Crippen LogP contribution in [0.2, 0.25) is 5.02 Å². The Morgan fingerprint density at radius 3 is 2.74 bits per heavy atom. The van der Waals surface area contributed by atoms with E-state index in [9.17, 15) is 9.59 Å². The quantitative estimate of drug-likeness (QED) is 0.868. The van der Waals surface area contributed by atoms with Crippen LogP contribution in [0.4, 0.5) is 4.79 Å². The van der Waals surface area contributed by atoms with E-state index in [0.29, 0.717) is 29.9 Å². The fourth-order valence-corrected chi connectivity index (χ4v) is 3.27. The van der Waals surface area contributed by atoms with E-state index in [1.165, 1.54) is 0 Å². The van der Waals surface area contributed by atoms with Crippen molar-refractivity contribution in [1.29, 1.82) is 0 Å². The number of urea groups is 1. The maximum atomic E-state index is 12.4. The fraction of sp³-hybridized carbons (Fsp3) is 0.529. The van der Waals surface area contributed by atoms with E-state index >= 15 is 0 Å². The van der Waals surface area contributed by atoms with Crippen molar-refractivity contribution < 1.29 is 9.59 Å². The lowest BCUT2D eigenvalue weighted by atomic mass is 10.0. The summed E-state index contributed by atoms with van der Waals surface area (Å²) in [6, 6.07) is 7.46. The van der Waals surface area contributed by atoms with Crippen LogP contribution >= 0.6 is 11.6 Å². The summed E-state index contributed by atoms with van der Waals surface area (Å²) in [5.41, 5.74) is 1.07. The average Bonchev–Trinajstić information content (AvgIpc) is 3.25.